The predicted molar refractivity (Wildman–Crippen MR) is 79.7 cm³/mol. The molecule has 0 saturated carbocycles. The van der Waals surface area contributed by atoms with Gasteiger partial charge in [-0.1, -0.05) is 39.2 Å². The zero-order chi connectivity index (χ0) is 14.3. The minimum Gasteiger partial charge on any atom is -0.352 e. The van der Waals surface area contributed by atoms with Crippen LogP contribution in [0.2, 0.25) is 0 Å². The minimum atomic E-state index is -0.492. The lowest BCUT2D eigenvalue weighted by Gasteiger charge is -2.15. The first kappa shape index (κ1) is 16.2. The van der Waals surface area contributed by atoms with Crippen LogP contribution in [0.25, 0.3) is 0 Å². The second-order valence-corrected chi connectivity index (χ2v) is 5.58. The van der Waals surface area contributed by atoms with Crippen molar-refractivity contribution < 1.29 is 9.18 Å². The molecule has 0 aliphatic heterocycles. The Hall–Kier alpha value is -0.900. The molecule has 1 rings (SSSR count). The predicted octanol–water partition coefficient (Wildman–Crippen LogP) is 4.53. The third kappa shape index (κ3) is 4.94. The highest BCUT2D eigenvalue weighted by Crippen LogP contribution is 2.19. The van der Waals surface area contributed by atoms with Crippen LogP contribution >= 0.6 is 15.9 Å². The van der Waals surface area contributed by atoms with Crippen LogP contribution in [0.15, 0.2) is 22.7 Å². The van der Waals surface area contributed by atoms with Crippen LogP contribution in [-0.2, 0) is 0 Å². The van der Waals surface area contributed by atoms with E-state index in [2.05, 4.69) is 35.1 Å². The standard InChI is InChI=1S/C15H21BrFNO/c1-3-5-7-11(4-2)10-18-15(19)14-12(16)8-6-9-13(14)17/h6,8-9,11H,3-5,7,10H2,1-2H3,(H,18,19). The van der Waals surface area contributed by atoms with Gasteiger partial charge in [-0.2, -0.15) is 0 Å². The van der Waals surface area contributed by atoms with E-state index in [1.54, 1.807) is 12.1 Å². The Bertz CT molecular complexity index is 402. The van der Waals surface area contributed by atoms with E-state index in [0.717, 1.165) is 25.7 Å². The van der Waals surface area contributed by atoms with Crippen LogP contribution in [0, 0.1) is 11.7 Å². The lowest BCUT2D eigenvalue weighted by Crippen LogP contribution is -2.30. The Morgan fingerprint density at radius 1 is 1.42 bits per heavy atom. The molecule has 0 bridgehead atoms. The average molecular weight is 330 g/mol. The van der Waals surface area contributed by atoms with E-state index < -0.39 is 5.82 Å². The summed E-state index contributed by atoms with van der Waals surface area (Å²) in [6.07, 6.45) is 4.45. The average Bonchev–Trinajstić information content (AvgIpc) is 2.38. The number of unbranched alkanes of at least 4 members (excludes halogenated alkanes) is 1. The van der Waals surface area contributed by atoms with Crippen molar-refractivity contribution in [2.45, 2.75) is 39.5 Å². The summed E-state index contributed by atoms with van der Waals surface area (Å²) in [5.74, 6) is -0.372. The molecule has 1 aromatic carbocycles. The molecular formula is C15H21BrFNO. The van der Waals surface area contributed by atoms with Crippen LogP contribution in [-0.4, -0.2) is 12.5 Å². The second-order valence-electron chi connectivity index (χ2n) is 4.72. The molecule has 106 valence electrons. The minimum absolute atomic E-state index is 0.0906. The summed E-state index contributed by atoms with van der Waals surface area (Å²) in [5.41, 5.74) is 0.0906. The maximum atomic E-state index is 13.6. The molecule has 0 radical (unpaired) electrons. The summed E-state index contributed by atoms with van der Waals surface area (Å²) in [7, 11) is 0. The van der Waals surface area contributed by atoms with Gasteiger partial charge in [0.2, 0.25) is 0 Å². The van der Waals surface area contributed by atoms with Crippen LogP contribution < -0.4 is 5.32 Å². The van der Waals surface area contributed by atoms with Crippen LogP contribution in [0.4, 0.5) is 4.39 Å². The Morgan fingerprint density at radius 2 is 2.16 bits per heavy atom. The summed E-state index contributed by atoms with van der Waals surface area (Å²) in [6.45, 7) is 4.88. The third-order valence-electron chi connectivity index (χ3n) is 3.28. The first-order chi connectivity index (χ1) is 9.10. The summed E-state index contributed by atoms with van der Waals surface area (Å²) in [5, 5.41) is 2.83. The molecule has 0 saturated heterocycles. The normalized spacial score (nSPS) is 12.2. The Kier molecular flexibility index (Phi) is 7.06. The molecule has 4 heteroatoms. The van der Waals surface area contributed by atoms with E-state index in [-0.39, 0.29) is 11.5 Å². The fraction of sp³-hybridized carbons (Fsp3) is 0.533. The van der Waals surface area contributed by atoms with E-state index in [9.17, 15) is 9.18 Å². The van der Waals surface area contributed by atoms with Crippen LogP contribution in [0.1, 0.15) is 49.9 Å². The Balaban J connectivity index is 2.59. The van der Waals surface area contributed by atoms with Gasteiger partial charge in [0.25, 0.3) is 5.91 Å². The molecule has 2 nitrogen and oxygen atoms in total. The number of nitrogens with one attached hydrogen (secondary N) is 1. The van der Waals surface area contributed by atoms with Gasteiger partial charge < -0.3 is 5.32 Å². The highest BCUT2D eigenvalue weighted by atomic mass is 79.9. The molecule has 0 fully saturated rings. The molecule has 0 aliphatic carbocycles. The zero-order valence-electron chi connectivity index (χ0n) is 11.5. The third-order valence-corrected chi connectivity index (χ3v) is 3.95. The van der Waals surface area contributed by atoms with E-state index in [1.807, 2.05) is 0 Å². The Morgan fingerprint density at radius 3 is 2.74 bits per heavy atom. The monoisotopic (exact) mass is 329 g/mol. The molecule has 0 aromatic heterocycles. The first-order valence-electron chi connectivity index (χ1n) is 6.82. The number of carbonyl (C=O) groups excluding carboxylic acids is 1. The van der Waals surface area contributed by atoms with Crippen molar-refractivity contribution in [3.63, 3.8) is 0 Å². The SMILES string of the molecule is CCCCC(CC)CNC(=O)c1c(F)cccc1Br. The highest BCUT2D eigenvalue weighted by Gasteiger charge is 2.16. The summed E-state index contributed by atoms with van der Waals surface area (Å²) in [4.78, 5) is 12.0. The quantitative estimate of drug-likeness (QED) is 0.782. The van der Waals surface area contributed by atoms with Crippen LogP contribution in [0.5, 0.6) is 0 Å². The van der Waals surface area contributed by atoms with Crippen molar-refractivity contribution in [1.82, 2.24) is 5.32 Å². The number of carbonyl (C=O) groups is 1. The smallest absolute Gasteiger partial charge is 0.255 e. The lowest BCUT2D eigenvalue weighted by molar-refractivity contribution is 0.0941. The van der Waals surface area contributed by atoms with Gasteiger partial charge in [0.1, 0.15) is 5.82 Å². The molecule has 1 amide bonds. The summed E-state index contributed by atoms with van der Waals surface area (Å²) in [6, 6.07) is 4.55. The molecular weight excluding hydrogens is 309 g/mol. The van der Waals surface area contributed by atoms with E-state index in [0.29, 0.717) is 16.9 Å². The lowest BCUT2D eigenvalue weighted by atomic mass is 9.99. The maximum Gasteiger partial charge on any atom is 0.255 e. The largest absolute Gasteiger partial charge is 0.352 e. The van der Waals surface area contributed by atoms with Crippen molar-refractivity contribution >= 4 is 21.8 Å². The number of benzene rings is 1. The number of hydrogen-bond donors (Lipinski definition) is 1. The van der Waals surface area contributed by atoms with Gasteiger partial charge in [-0.05, 0) is 40.4 Å². The Labute approximate surface area is 122 Å². The highest BCUT2D eigenvalue weighted by molar-refractivity contribution is 9.10. The van der Waals surface area contributed by atoms with Gasteiger partial charge in [-0.25, -0.2) is 4.39 Å². The number of amides is 1. The summed E-state index contributed by atoms with van der Waals surface area (Å²) < 4.78 is 14.1. The molecule has 1 aromatic rings. The number of halogens is 2. The number of rotatable bonds is 7. The first-order valence-corrected chi connectivity index (χ1v) is 7.61. The van der Waals surface area contributed by atoms with Gasteiger partial charge in [-0.3, -0.25) is 4.79 Å². The van der Waals surface area contributed by atoms with Crippen molar-refractivity contribution in [2.75, 3.05) is 6.54 Å². The van der Waals surface area contributed by atoms with Gasteiger partial charge in [0.05, 0.1) is 5.56 Å². The van der Waals surface area contributed by atoms with Crippen molar-refractivity contribution in [3.8, 4) is 0 Å². The second kappa shape index (κ2) is 8.31. The molecule has 1 atom stereocenters. The fourth-order valence-corrected chi connectivity index (χ4v) is 2.51. The van der Waals surface area contributed by atoms with Crippen LogP contribution in [0.3, 0.4) is 0 Å². The molecule has 19 heavy (non-hydrogen) atoms. The fourth-order valence-electron chi connectivity index (χ4n) is 1.98. The van der Waals surface area contributed by atoms with Crippen molar-refractivity contribution in [2.24, 2.45) is 5.92 Å². The van der Waals surface area contributed by atoms with Crippen molar-refractivity contribution in [1.29, 1.82) is 0 Å². The molecule has 1 N–H and O–H groups in total. The van der Waals surface area contributed by atoms with Gasteiger partial charge >= 0.3 is 0 Å². The van der Waals surface area contributed by atoms with E-state index in [1.165, 1.54) is 6.07 Å². The summed E-state index contributed by atoms with van der Waals surface area (Å²) >= 11 is 3.21. The van der Waals surface area contributed by atoms with Gasteiger partial charge in [0.15, 0.2) is 0 Å². The molecule has 1 unspecified atom stereocenters. The molecule has 0 heterocycles. The van der Waals surface area contributed by atoms with Gasteiger partial charge in [-0.15, -0.1) is 0 Å². The topological polar surface area (TPSA) is 29.1 Å². The van der Waals surface area contributed by atoms with E-state index >= 15 is 0 Å². The van der Waals surface area contributed by atoms with E-state index in [4.69, 9.17) is 0 Å². The zero-order valence-corrected chi connectivity index (χ0v) is 13.1. The van der Waals surface area contributed by atoms with Gasteiger partial charge in [0, 0.05) is 11.0 Å². The molecule has 0 aliphatic rings. The molecule has 0 spiro atoms. The number of hydrogen-bond acceptors (Lipinski definition) is 1. The van der Waals surface area contributed by atoms with Crippen molar-refractivity contribution in [3.05, 3.63) is 34.1 Å². The maximum absolute atomic E-state index is 13.6.